The Bertz CT molecular complexity index is 689. The van der Waals surface area contributed by atoms with Gasteiger partial charge in [0.25, 0.3) is 0 Å². The van der Waals surface area contributed by atoms with Gasteiger partial charge in [-0.2, -0.15) is 0 Å². The van der Waals surface area contributed by atoms with Crippen molar-refractivity contribution < 1.29 is 4.39 Å². The summed E-state index contributed by atoms with van der Waals surface area (Å²) < 4.78 is 14.0. The van der Waals surface area contributed by atoms with Crippen LogP contribution in [0.5, 0.6) is 0 Å². The van der Waals surface area contributed by atoms with Gasteiger partial charge in [-0.25, -0.2) is 4.39 Å². The van der Waals surface area contributed by atoms with E-state index in [-0.39, 0.29) is 5.82 Å². The van der Waals surface area contributed by atoms with Gasteiger partial charge in [-0.05, 0) is 29.8 Å². The van der Waals surface area contributed by atoms with Crippen molar-refractivity contribution in [3.05, 3.63) is 76.1 Å². The maximum atomic E-state index is 14.0. The second-order valence-corrected chi connectivity index (χ2v) is 4.74. The third-order valence-corrected chi connectivity index (χ3v) is 3.29. The Kier molecular flexibility index (Phi) is 3.18. The van der Waals surface area contributed by atoms with Gasteiger partial charge >= 0.3 is 0 Å². The number of rotatable bonds is 1. The van der Waals surface area contributed by atoms with Crippen molar-refractivity contribution in [3.63, 3.8) is 0 Å². The van der Waals surface area contributed by atoms with Crippen molar-refractivity contribution in [3.8, 4) is 0 Å². The lowest BCUT2D eigenvalue weighted by Crippen LogP contribution is -2.07. The van der Waals surface area contributed by atoms with Crippen LogP contribution in [0.2, 0.25) is 5.02 Å². The number of halogens is 2. The molecule has 0 aliphatic carbocycles. The Labute approximate surface area is 116 Å². The molecule has 1 heterocycles. The predicted octanol–water partition coefficient (Wildman–Crippen LogP) is 4.34. The topological polar surface area (TPSA) is 12.4 Å². The van der Waals surface area contributed by atoms with E-state index < -0.39 is 0 Å². The summed E-state index contributed by atoms with van der Waals surface area (Å²) in [4.78, 5) is 4.47. The Balaban J connectivity index is 2.22. The Morgan fingerprint density at radius 1 is 1.05 bits per heavy atom. The molecule has 3 heteroatoms. The Morgan fingerprint density at radius 3 is 2.74 bits per heavy atom. The molecule has 0 saturated heterocycles. The molecular weight excluding hydrogens is 261 g/mol. The molecule has 1 nitrogen and oxygen atoms in total. The molecule has 0 saturated carbocycles. The molecule has 1 aliphatic rings. The van der Waals surface area contributed by atoms with Crippen LogP contribution >= 0.6 is 11.6 Å². The number of aliphatic imine (C=N–C) groups is 1. The van der Waals surface area contributed by atoms with E-state index in [1.807, 2.05) is 36.4 Å². The van der Waals surface area contributed by atoms with Crippen molar-refractivity contribution in [2.75, 3.05) is 6.54 Å². The summed E-state index contributed by atoms with van der Waals surface area (Å²) in [6, 6.07) is 12.3. The molecule has 0 amide bonds. The zero-order valence-corrected chi connectivity index (χ0v) is 10.9. The highest BCUT2D eigenvalue weighted by Crippen LogP contribution is 2.24. The summed E-state index contributed by atoms with van der Waals surface area (Å²) in [5.41, 5.74) is 3.03. The van der Waals surface area contributed by atoms with Crippen LogP contribution in [0.3, 0.4) is 0 Å². The van der Waals surface area contributed by atoms with E-state index in [1.54, 1.807) is 12.1 Å². The molecule has 2 aromatic rings. The second-order valence-electron chi connectivity index (χ2n) is 4.30. The number of nitrogens with zero attached hydrogens (tertiary/aromatic N) is 1. The first-order valence-electron chi connectivity index (χ1n) is 6.01. The van der Waals surface area contributed by atoms with Gasteiger partial charge in [0.2, 0.25) is 0 Å². The van der Waals surface area contributed by atoms with Gasteiger partial charge in [0.15, 0.2) is 0 Å². The van der Waals surface area contributed by atoms with Crippen LogP contribution in [0.4, 0.5) is 4.39 Å². The Hall–Kier alpha value is -1.93. The number of hydrogen-bond acceptors (Lipinski definition) is 1. The molecule has 0 N–H and O–H groups in total. The van der Waals surface area contributed by atoms with Gasteiger partial charge in [-0.3, -0.25) is 4.99 Å². The maximum absolute atomic E-state index is 14.0. The molecule has 3 rings (SSSR count). The van der Waals surface area contributed by atoms with E-state index in [4.69, 9.17) is 11.6 Å². The van der Waals surface area contributed by atoms with Crippen LogP contribution < -0.4 is 0 Å². The maximum Gasteiger partial charge on any atom is 0.132 e. The average molecular weight is 272 g/mol. The molecule has 1 aliphatic heterocycles. The predicted molar refractivity (Wildman–Crippen MR) is 77.4 cm³/mol. The third kappa shape index (κ3) is 2.32. The third-order valence-electron chi connectivity index (χ3n) is 3.05. The first kappa shape index (κ1) is 12.1. The molecule has 94 valence electrons. The highest BCUT2D eigenvalue weighted by atomic mass is 35.5. The number of hydrogen-bond donors (Lipinski definition) is 0. The smallest absolute Gasteiger partial charge is 0.132 e. The zero-order valence-electron chi connectivity index (χ0n) is 10.1. The minimum absolute atomic E-state index is 0.269. The highest BCUT2D eigenvalue weighted by molar-refractivity contribution is 6.31. The van der Waals surface area contributed by atoms with Crippen LogP contribution in [-0.2, 0) is 0 Å². The highest BCUT2D eigenvalue weighted by Gasteiger charge is 2.15. The van der Waals surface area contributed by atoms with E-state index >= 15 is 0 Å². The molecule has 0 spiro atoms. The first-order chi connectivity index (χ1) is 9.25. The summed E-state index contributed by atoms with van der Waals surface area (Å²) in [5, 5.41) is 0.623. The van der Waals surface area contributed by atoms with E-state index in [9.17, 15) is 4.39 Å². The lowest BCUT2D eigenvalue weighted by Gasteiger charge is -2.10. The fourth-order valence-corrected chi connectivity index (χ4v) is 2.34. The molecule has 0 atom stereocenters. The molecule has 0 radical (unpaired) electrons. The summed E-state index contributed by atoms with van der Waals surface area (Å²) in [7, 11) is 0. The fraction of sp³-hybridized carbons (Fsp3) is 0.0625. The fourth-order valence-electron chi connectivity index (χ4n) is 2.17. The summed E-state index contributed by atoms with van der Waals surface area (Å²) >= 11 is 6.05. The standard InChI is InChI=1S/C16H11ClFN/c17-12-8-7-11-4-3-9-19-16(14(11)10-12)13-5-1-2-6-15(13)18/h1-8,10H,9H2. The molecule has 0 bridgehead atoms. The number of fused-ring (bicyclic) bond motifs is 1. The van der Waals surface area contributed by atoms with Gasteiger partial charge < -0.3 is 0 Å². The zero-order chi connectivity index (χ0) is 13.2. The van der Waals surface area contributed by atoms with E-state index in [2.05, 4.69) is 4.99 Å². The molecule has 0 unspecified atom stereocenters. The van der Waals surface area contributed by atoms with Crippen molar-refractivity contribution in [2.45, 2.75) is 0 Å². The molecule has 0 fully saturated rings. The van der Waals surface area contributed by atoms with Gasteiger partial charge in [0.1, 0.15) is 5.82 Å². The van der Waals surface area contributed by atoms with E-state index in [0.717, 1.165) is 11.1 Å². The molecule has 2 aromatic carbocycles. The molecular formula is C16H11ClFN. The van der Waals surface area contributed by atoms with Gasteiger partial charge in [0.05, 0.1) is 12.3 Å². The number of benzene rings is 2. The largest absolute Gasteiger partial charge is 0.280 e. The quantitative estimate of drug-likeness (QED) is 0.731. The van der Waals surface area contributed by atoms with E-state index in [1.165, 1.54) is 6.07 Å². The average Bonchev–Trinajstić information content (AvgIpc) is 2.61. The van der Waals surface area contributed by atoms with Gasteiger partial charge in [-0.1, -0.05) is 42.0 Å². The normalized spacial score (nSPS) is 13.7. The Morgan fingerprint density at radius 2 is 1.89 bits per heavy atom. The summed E-state index contributed by atoms with van der Waals surface area (Å²) in [5.74, 6) is -0.269. The summed E-state index contributed by atoms with van der Waals surface area (Å²) in [6.45, 7) is 0.538. The first-order valence-corrected chi connectivity index (χ1v) is 6.39. The van der Waals surface area contributed by atoms with Gasteiger partial charge in [0, 0.05) is 16.1 Å². The van der Waals surface area contributed by atoms with Crippen molar-refractivity contribution in [1.29, 1.82) is 0 Å². The lowest BCUT2D eigenvalue weighted by atomic mass is 9.97. The van der Waals surface area contributed by atoms with Crippen LogP contribution in [0, 0.1) is 5.82 Å². The monoisotopic (exact) mass is 271 g/mol. The van der Waals surface area contributed by atoms with Crippen LogP contribution in [0.1, 0.15) is 16.7 Å². The van der Waals surface area contributed by atoms with Crippen LogP contribution in [-0.4, -0.2) is 12.3 Å². The molecule has 0 aromatic heterocycles. The van der Waals surface area contributed by atoms with E-state index in [0.29, 0.717) is 22.8 Å². The molecule has 19 heavy (non-hydrogen) atoms. The SMILES string of the molecule is Fc1ccccc1C1=NCC=Cc2ccc(Cl)cc21. The van der Waals surface area contributed by atoms with Crippen LogP contribution in [0.15, 0.2) is 53.5 Å². The summed E-state index contributed by atoms with van der Waals surface area (Å²) in [6.07, 6.45) is 3.95. The second kappa shape index (κ2) is 4.98. The van der Waals surface area contributed by atoms with Gasteiger partial charge in [-0.15, -0.1) is 0 Å². The van der Waals surface area contributed by atoms with Crippen molar-refractivity contribution in [2.24, 2.45) is 4.99 Å². The van der Waals surface area contributed by atoms with Crippen molar-refractivity contribution in [1.82, 2.24) is 0 Å². The minimum atomic E-state index is -0.269. The lowest BCUT2D eigenvalue weighted by molar-refractivity contribution is 0.625. The van der Waals surface area contributed by atoms with Crippen molar-refractivity contribution >= 4 is 23.4 Å². The van der Waals surface area contributed by atoms with Crippen LogP contribution in [0.25, 0.3) is 6.08 Å². The minimum Gasteiger partial charge on any atom is -0.280 e.